The van der Waals surface area contributed by atoms with E-state index in [2.05, 4.69) is 15.0 Å². The summed E-state index contributed by atoms with van der Waals surface area (Å²) in [7, 11) is 1.33. The molecule has 2 aliphatic rings. The van der Waals surface area contributed by atoms with E-state index < -0.39 is 11.6 Å². The summed E-state index contributed by atoms with van der Waals surface area (Å²) in [6.45, 7) is 8.16. The SMILES string of the molecule is COC(=O)c1ccc(OC2CC(NCC3CCN(C(=O)OC(C)(C)C)CC3)C2)cn1. The van der Waals surface area contributed by atoms with Gasteiger partial charge in [-0.15, -0.1) is 0 Å². The first-order chi connectivity index (χ1) is 14.2. The fraction of sp³-hybridized carbons (Fsp3) is 0.682. The van der Waals surface area contributed by atoms with Crippen LogP contribution in [-0.2, 0) is 9.47 Å². The molecule has 8 heteroatoms. The molecule has 166 valence electrons. The number of nitrogens with zero attached hydrogens (tertiary/aromatic N) is 2. The van der Waals surface area contributed by atoms with E-state index in [1.807, 2.05) is 25.7 Å². The van der Waals surface area contributed by atoms with Crippen LogP contribution >= 0.6 is 0 Å². The van der Waals surface area contributed by atoms with E-state index in [4.69, 9.17) is 9.47 Å². The van der Waals surface area contributed by atoms with Gasteiger partial charge in [0.05, 0.1) is 13.3 Å². The van der Waals surface area contributed by atoms with Gasteiger partial charge in [0.15, 0.2) is 0 Å². The van der Waals surface area contributed by atoms with Crippen LogP contribution in [0, 0.1) is 5.92 Å². The highest BCUT2D eigenvalue weighted by Crippen LogP contribution is 2.27. The quantitative estimate of drug-likeness (QED) is 0.709. The van der Waals surface area contributed by atoms with Gasteiger partial charge in [-0.2, -0.15) is 0 Å². The van der Waals surface area contributed by atoms with Crippen LogP contribution in [-0.4, -0.2) is 66.4 Å². The fourth-order valence-electron chi connectivity index (χ4n) is 3.68. The van der Waals surface area contributed by atoms with Crippen LogP contribution < -0.4 is 10.1 Å². The van der Waals surface area contributed by atoms with E-state index in [0.717, 1.165) is 45.3 Å². The number of carbonyl (C=O) groups is 2. The number of nitrogens with one attached hydrogen (secondary N) is 1. The summed E-state index contributed by atoms with van der Waals surface area (Å²) >= 11 is 0. The topological polar surface area (TPSA) is 90.0 Å². The molecule has 0 unspecified atom stereocenters. The highest BCUT2D eigenvalue weighted by molar-refractivity contribution is 5.87. The second-order valence-electron chi connectivity index (χ2n) is 9.10. The lowest BCUT2D eigenvalue weighted by molar-refractivity contribution is 0.0177. The number of aromatic nitrogens is 1. The molecule has 0 bridgehead atoms. The Bertz CT molecular complexity index is 717. The molecule has 0 spiro atoms. The van der Waals surface area contributed by atoms with Crippen LogP contribution in [0.25, 0.3) is 0 Å². The molecule has 2 heterocycles. The van der Waals surface area contributed by atoms with Crippen LogP contribution in [0.3, 0.4) is 0 Å². The minimum Gasteiger partial charge on any atom is -0.489 e. The van der Waals surface area contributed by atoms with E-state index in [1.165, 1.54) is 7.11 Å². The van der Waals surface area contributed by atoms with Crippen LogP contribution in [0.4, 0.5) is 4.79 Å². The molecule has 3 rings (SSSR count). The molecule has 1 amide bonds. The Labute approximate surface area is 178 Å². The molecule has 0 radical (unpaired) electrons. The van der Waals surface area contributed by atoms with Crippen molar-refractivity contribution in [2.45, 2.75) is 64.2 Å². The van der Waals surface area contributed by atoms with Crippen molar-refractivity contribution >= 4 is 12.1 Å². The average molecular weight is 420 g/mol. The first-order valence-corrected chi connectivity index (χ1v) is 10.7. The first kappa shape index (κ1) is 22.3. The molecule has 0 aromatic carbocycles. The number of methoxy groups -OCH3 is 1. The Morgan fingerprint density at radius 1 is 1.20 bits per heavy atom. The number of hydrogen-bond donors (Lipinski definition) is 1. The summed E-state index contributed by atoms with van der Waals surface area (Å²) in [5.41, 5.74) is -0.173. The molecule has 1 aromatic rings. The summed E-state index contributed by atoms with van der Waals surface area (Å²) in [5, 5.41) is 3.63. The van der Waals surface area contributed by atoms with Gasteiger partial charge in [0.1, 0.15) is 23.1 Å². The van der Waals surface area contributed by atoms with Crippen LogP contribution in [0.2, 0.25) is 0 Å². The summed E-state index contributed by atoms with van der Waals surface area (Å²) in [4.78, 5) is 29.4. The summed E-state index contributed by atoms with van der Waals surface area (Å²) in [5.74, 6) is 0.797. The Morgan fingerprint density at radius 2 is 1.90 bits per heavy atom. The lowest BCUT2D eigenvalue weighted by Gasteiger charge is -2.38. The van der Waals surface area contributed by atoms with Gasteiger partial charge in [0.2, 0.25) is 0 Å². The van der Waals surface area contributed by atoms with Gasteiger partial charge in [-0.25, -0.2) is 14.6 Å². The molecule has 30 heavy (non-hydrogen) atoms. The fourth-order valence-corrected chi connectivity index (χ4v) is 3.68. The summed E-state index contributed by atoms with van der Waals surface area (Å²) < 4.78 is 16.0. The molecule has 2 fully saturated rings. The maximum atomic E-state index is 12.1. The standard InChI is InChI=1S/C22H33N3O5/c1-22(2,3)30-21(27)25-9-7-15(8-10-25)13-23-16-11-18(12-16)29-17-5-6-19(24-14-17)20(26)28-4/h5-6,14-16,18,23H,7-13H2,1-4H3. The van der Waals surface area contributed by atoms with Crippen molar-refractivity contribution in [3.05, 3.63) is 24.0 Å². The molecule has 1 aliphatic carbocycles. The van der Waals surface area contributed by atoms with Gasteiger partial charge < -0.3 is 24.4 Å². The number of hydrogen-bond acceptors (Lipinski definition) is 7. The highest BCUT2D eigenvalue weighted by atomic mass is 16.6. The van der Waals surface area contributed by atoms with Gasteiger partial charge in [0, 0.05) is 19.1 Å². The van der Waals surface area contributed by atoms with Gasteiger partial charge >= 0.3 is 12.1 Å². The zero-order valence-electron chi connectivity index (χ0n) is 18.3. The third-order valence-electron chi connectivity index (χ3n) is 5.49. The average Bonchev–Trinajstić information content (AvgIpc) is 2.68. The second-order valence-corrected chi connectivity index (χ2v) is 9.10. The number of rotatable bonds is 6. The number of ether oxygens (including phenoxy) is 3. The summed E-state index contributed by atoms with van der Waals surface area (Å²) in [6.07, 6.45) is 5.43. The molecular weight excluding hydrogens is 386 g/mol. The van der Waals surface area contributed by atoms with Crippen molar-refractivity contribution in [3.8, 4) is 5.75 Å². The van der Waals surface area contributed by atoms with Crippen molar-refractivity contribution in [3.63, 3.8) is 0 Å². The second kappa shape index (κ2) is 9.64. The Morgan fingerprint density at radius 3 is 2.47 bits per heavy atom. The zero-order chi connectivity index (χ0) is 21.7. The normalized spacial score (nSPS) is 22.2. The van der Waals surface area contributed by atoms with Crippen LogP contribution in [0.5, 0.6) is 5.75 Å². The lowest BCUT2D eigenvalue weighted by Crippen LogP contribution is -2.49. The van der Waals surface area contributed by atoms with Gasteiger partial charge in [-0.3, -0.25) is 0 Å². The number of piperidine rings is 1. The van der Waals surface area contributed by atoms with Crippen molar-refractivity contribution in [1.29, 1.82) is 0 Å². The van der Waals surface area contributed by atoms with Gasteiger partial charge in [0.25, 0.3) is 0 Å². The largest absolute Gasteiger partial charge is 0.489 e. The zero-order valence-corrected chi connectivity index (χ0v) is 18.3. The predicted octanol–water partition coefficient (Wildman–Crippen LogP) is 3.01. The molecule has 8 nitrogen and oxygen atoms in total. The maximum Gasteiger partial charge on any atom is 0.410 e. The van der Waals surface area contributed by atoms with Gasteiger partial charge in [-0.05, 0) is 71.0 Å². The molecule has 1 saturated heterocycles. The minimum atomic E-state index is -0.452. The smallest absolute Gasteiger partial charge is 0.410 e. The maximum absolute atomic E-state index is 12.1. The minimum absolute atomic E-state index is 0.169. The molecule has 1 aliphatic heterocycles. The van der Waals surface area contributed by atoms with Crippen molar-refractivity contribution in [2.24, 2.45) is 5.92 Å². The van der Waals surface area contributed by atoms with Gasteiger partial charge in [-0.1, -0.05) is 0 Å². The first-order valence-electron chi connectivity index (χ1n) is 10.7. The van der Waals surface area contributed by atoms with Crippen molar-refractivity contribution < 1.29 is 23.8 Å². The third-order valence-corrected chi connectivity index (χ3v) is 5.49. The molecule has 0 atom stereocenters. The number of likely N-dealkylation sites (tertiary alicyclic amines) is 1. The molecule has 1 N–H and O–H groups in total. The molecule has 1 aromatic heterocycles. The molecule has 1 saturated carbocycles. The number of pyridine rings is 1. The number of carbonyl (C=O) groups excluding carboxylic acids is 2. The van der Waals surface area contributed by atoms with E-state index in [-0.39, 0.29) is 17.9 Å². The lowest BCUT2D eigenvalue weighted by atomic mass is 9.88. The van der Waals surface area contributed by atoms with E-state index >= 15 is 0 Å². The highest BCUT2D eigenvalue weighted by Gasteiger charge is 2.32. The monoisotopic (exact) mass is 419 g/mol. The molecular formula is C22H33N3O5. The Balaban J connectivity index is 1.30. The van der Waals surface area contributed by atoms with Crippen molar-refractivity contribution in [1.82, 2.24) is 15.2 Å². The Kier molecular flexibility index (Phi) is 7.18. The van der Waals surface area contributed by atoms with E-state index in [1.54, 1.807) is 18.3 Å². The number of amides is 1. The predicted molar refractivity (Wildman–Crippen MR) is 112 cm³/mol. The van der Waals surface area contributed by atoms with Crippen LogP contribution in [0.15, 0.2) is 18.3 Å². The van der Waals surface area contributed by atoms with Crippen molar-refractivity contribution in [2.75, 3.05) is 26.7 Å². The van der Waals surface area contributed by atoms with E-state index in [0.29, 0.717) is 17.7 Å². The third kappa shape index (κ3) is 6.32. The number of esters is 1. The van der Waals surface area contributed by atoms with E-state index in [9.17, 15) is 9.59 Å². The summed E-state index contributed by atoms with van der Waals surface area (Å²) in [6, 6.07) is 3.82. The Hall–Kier alpha value is -2.35. The van der Waals surface area contributed by atoms with Crippen LogP contribution in [0.1, 0.15) is 56.9 Å².